The van der Waals surface area contributed by atoms with Crippen molar-refractivity contribution in [1.82, 2.24) is 4.90 Å². The Kier molecular flexibility index (Phi) is 3.21. The van der Waals surface area contributed by atoms with Gasteiger partial charge in [0.15, 0.2) is 0 Å². The number of hydrogen-bond acceptors (Lipinski definition) is 2. The summed E-state index contributed by atoms with van der Waals surface area (Å²) < 4.78 is 0. The molecule has 0 aliphatic heterocycles. The van der Waals surface area contributed by atoms with E-state index in [1.165, 1.54) is 12.8 Å². The van der Waals surface area contributed by atoms with Gasteiger partial charge in [-0.05, 0) is 36.3 Å². The standard InChI is InChI=1S/C12H15NOS/c1-13(9-10-4-5-10)12(14)7-6-11-3-2-8-15-11/h2-3,6-8,10H,4-5,9H2,1H3/b7-6+. The normalized spacial score (nSPS) is 15.8. The van der Waals surface area contributed by atoms with Gasteiger partial charge in [0.1, 0.15) is 0 Å². The molecule has 0 saturated heterocycles. The molecular formula is C12H15NOS. The van der Waals surface area contributed by atoms with Crippen LogP contribution in [0.4, 0.5) is 0 Å². The molecule has 0 unspecified atom stereocenters. The van der Waals surface area contributed by atoms with Crippen LogP contribution in [-0.2, 0) is 4.79 Å². The van der Waals surface area contributed by atoms with Crippen LogP contribution in [0.1, 0.15) is 17.7 Å². The maximum atomic E-state index is 11.6. The molecule has 2 nitrogen and oxygen atoms in total. The van der Waals surface area contributed by atoms with Crippen molar-refractivity contribution >= 4 is 23.3 Å². The molecule has 1 saturated carbocycles. The molecule has 1 aliphatic carbocycles. The average molecular weight is 221 g/mol. The summed E-state index contributed by atoms with van der Waals surface area (Å²) >= 11 is 1.65. The highest BCUT2D eigenvalue weighted by Crippen LogP contribution is 2.29. The van der Waals surface area contributed by atoms with Crippen LogP contribution in [0.5, 0.6) is 0 Å². The first kappa shape index (κ1) is 10.4. The van der Waals surface area contributed by atoms with E-state index in [0.29, 0.717) is 0 Å². The van der Waals surface area contributed by atoms with Gasteiger partial charge >= 0.3 is 0 Å². The molecule has 1 amide bonds. The number of carbonyl (C=O) groups excluding carboxylic acids is 1. The molecule has 0 aromatic carbocycles. The monoisotopic (exact) mass is 221 g/mol. The Balaban J connectivity index is 1.84. The van der Waals surface area contributed by atoms with Crippen molar-refractivity contribution in [2.24, 2.45) is 5.92 Å². The van der Waals surface area contributed by atoms with Crippen LogP contribution >= 0.6 is 11.3 Å². The third-order valence-corrected chi connectivity index (χ3v) is 3.38. The molecule has 1 aromatic heterocycles. The van der Waals surface area contributed by atoms with Crippen molar-refractivity contribution in [3.05, 3.63) is 28.5 Å². The zero-order valence-electron chi connectivity index (χ0n) is 8.85. The Hall–Kier alpha value is -1.09. The van der Waals surface area contributed by atoms with Crippen LogP contribution in [0.3, 0.4) is 0 Å². The SMILES string of the molecule is CN(CC1CC1)C(=O)/C=C/c1cccs1. The van der Waals surface area contributed by atoms with Crippen LogP contribution in [-0.4, -0.2) is 24.4 Å². The minimum atomic E-state index is 0.107. The summed E-state index contributed by atoms with van der Waals surface area (Å²) in [7, 11) is 1.87. The maximum Gasteiger partial charge on any atom is 0.246 e. The van der Waals surface area contributed by atoms with Crippen LogP contribution in [0, 0.1) is 5.92 Å². The third-order valence-electron chi connectivity index (χ3n) is 2.54. The maximum absolute atomic E-state index is 11.6. The first-order valence-corrected chi connectivity index (χ1v) is 6.10. The van der Waals surface area contributed by atoms with Gasteiger partial charge in [-0.1, -0.05) is 6.07 Å². The first-order chi connectivity index (χ1) is 7.25. The summed E-state index contributed by atoms with van der Waals surface area (Å²) in [5.41, 5.74) is 0. The summed E-state index contributed by atoms with van der Waals surface area (Å²) in [5, 5.41) is 2.01. The third kappa shape index (κ3) is 3.20. The number of nitrogens with zero attached hydrogens (tertiary/aromatic N) is 1. The lowest BCUT2D eigenvalue weighted by Gasteiger charge is -2.13. The Morgan fingerprint density at radius 3 is 3.07 bits per heavy atom. The second-order valence-electron chi connectivity index (χ2n) is 4.01. The molecule has 2 rings (SSSR count). The van der Waals surface area contributed by atoms with Crippen molar-refractivity contribution in [1.29, 1.82) is 0 Å². The number of hydrogen-bond donors (Lipinski definition) is 0. The average Bonchev–Trinajstić information content (AvgIpc) is 2.88. The smallest absolute Gasteiger partial charge is 0.246 e. The topological polar surface area (TPSA) is 20.3 Å². The van der Waals surface area contributed by atoms with E-state index in [1.807, 2.05) is 35.5 Å². The van der Waals surface area contributed by atoms with Crippen molar-refractivity contribution in [3.63, 3.8) is 0 Å². The Bertz CT molecular complexity index is 352. The van der Waals surface area contributed by atoms with Crippen LogP contribution in [0.25, 0.3) is 6.08 Å². The zero-order valence-corrected chi connectivity index (χ0v) is 9.67. The molecule has 1 aliphatic rings. The number of carbonyl (C=O) groups is 1. The van der Waals surface area contributed by atoms with E-state index >= 15 is 0 Å². The van der Waals surface area contributed by atoms with Crippen LogP contribution in [0.2, 0.25) is 0 Å². The molecule has 0 spiro atoms. The van der Waals surface area contributed by atoms with Gasteiger partial charge in [0.25, 0.3) is 0 Å². The highest BCUT2D eigenvalue weighted by Gasteiger charge is 2.23. The van der Waals surface area contributed by atoms with Crippen molar-refractivity contribution in [2.45, 2.75) is 12.8 Å². The lowest BCUT2D eigenvalue weighted by Crippen LogP contribution is -2.26. The molecule has 0 bridgehead atoms. The summed E-state index contributed by atoms with van der Waals surface area (Å²) in [6.45, 7) is 0.910. The number of rotatable bonds is 4. The van der Waals surface area contributed by atoms with Gasteiger partial charge in [-0.3, -0.25) is 4.79 Å². The minimum absolute atomic E-state index is 0.107. The highest BCUT2D eigenvalue weighted by molar-refractivity contribution is 7.10. The highest BCUT2D eigenvalue weighted by atomic mass is 32.1. The fourth-order valence-electron chi connectivity index (χ4n) is 1.44. The molecule has 1 fully saturated rings. The minimum Gasteiger partial charge on any atom is -0.342 e. The fourth-order valence-corrected chi connectivity index (χ4v) is 2.06. The molecule has 1 aromatic rings. The first-order valence-electron chi connectivity index (χ1n) is 5.22. The van der Waals surface area contributed by atoms with Gasteiger partial charge in [0.2, 0.25) is 5.91 Å². The van der Waals surface area contributed by atoms with E-state index in [9.17, 15) is 4.79 Å². The summed E-state index contributed by atoms with van der Waals surface area (Å²) in [4.78, 5) is 14.6. The summed E-state index contributed by atoms with van der Waals surface area (Å²) in [5.74, 6) is 0.865. The van der Waals surface area contributed by atoms with Crippen molar-refractivity contribution in [3.8, 4) is 0 Å². The summed E-state index contributed by atoms with van der Waals surface area (Å²) in [6, 6.07) is 4.00. The van der Waals surface area contributed by atoms with Gasteiger partial charge in [-0.25, -0.2) is 0 Å². The van der Waals surface area contributed by atoms with E-state index in [2.05, 4.69) is 0 Å². The number of amides is 1. The number of likely N-dealkylation sites (N-methyl/N-ethyl adjacent to an activating group) is 1. The molecule has 15 heavy (non-hydrogen) atoms. The predicted octanol–water partition coefficient (Wildman–Crippen LogP) is 2.63. The van der Waals surface area contributed by atoms with E-state index in [1.54, 1.807) is 17.4 Å². The van der Waals surface area contributed by atoms with Gasteiger partial charge in [0, 0.05) is 24.5 Å². The Morgan fingerprint density at radius 2 is 2.47 bits per heavy atom. The lowest BCUT2D eigenvalue weighted by atomic mass is 10.3. The van der Waals surface area contributed by atoms with Gasteiger partial charge in [-0.2, -0.15) is 0 Å². The molecule has 3 heteroatoms. The summed E-state index contributed by atoms with van der Waals surface area (Å²) in [6.07, 6.45) is 6.11. The second kappa shape index (κ2) is 4.62. The molecule has 0 N–H and O–H groups in total. The molecule has 80 valence electrons. The van der Waals surface area contributed by atoms with Crippen molar-refractivity contribution in [2.75, 3.05) is 13.6 Å². The van der Waals surface area contributed by atoms with E-state index in [0.717, 1.165) is 17.3 Å². The van der Waals surface area contributed by atoms with Gasteiger partial charge in [-0.15, -0.1) is 11.3 Å². The zero-order chi connectivity index (χ0) is 10.7. The molecular weight excluding hydrogens is 206 g/mol. The van der Waals surface area contributed by atoms with Crippen molar-refractivity contribution < 1.29 is 4.79 Å². The lowest BCUT2D eigenvalue weighted by molar-refractivity contribution is -0.124. The van der Waals surface area contributed by atoms with E-state index < -0.39 is 0 Å². The quantitative estimate of drug-likeness (QED) is 0.716. The molecule has 0 atom stereocenters. The van der Waals surface area contributed by atoms with Crippen LogP contribution in [0.15, 0.2) is 23.6 Å². The molecule has 1 heterocycles. The van der Waals surface area contributed by atoms with Crippen LogP contribution < -0.4 is 0 Å². The number of thiophene rings is 1. The fraction of sp³-hybridized carbons (Fsp3) is 0.417. The second-order valence-corrected chi connectivity index (χ2v) is 4.99. The van der Waals surface area contributed by atoms with E-state index in [-0.39, 0.29) is 5.91 Å². The molecule has 0 radical (unpaired) electrons. The largest absolute Gasteiger partial charge is 0.342 e. The Labute approximate surface area is 94.2 Å². The predicted molar refractivity (Wildman–Crippen MR) is 63.7 cm³/mol. The van der Waals surface area contributed by atoms with Gasteiger partial charge in [0.05, 0.1) is 0 Å². The Morgan fingerprint density at radius 1 is 1.67 bits per heavy atom. The van der Waals surface area contributed by atoms with E-state index in [4.69, 9.17) is 0 Å². The van der Waals surface area contributed by atoms with Gasteiger partial charge < -0.3 is 4.90 Å².